The molecule has 3 atom stereocenters. The van der Waals surface area contributed by atoms with Crippen LogP contribution in [0.2, 0.25) is 0 Å². The molecular weight excluding hydrogens is 282 g/mol. The fourth-order valence-corrected chi connectivity index (χ4v) is 5.53. The van der Waals surface area contributed by atoms with Crippen molar-refractivity contribution in [1.82, 2.24) is 0 Å². The van der Waals surface area contributed by atoms with E-state index in [2.05, 4.69) is 20.8 Å². The predicted molar refractivity (Wildman–Crippen MR) is 86.9 cm³/mol. The van der Waals surface area contributed by atoms with Gasteiger partial charge in [0.2, 0.25) is 0 Å². The zero-order valence-corrected chi connectivity index (χ0v) is 14.3. The summed E-state index contributed by atoms with van der Waals surface area (Å²) in [6.07, 6.45) is 2.48. The maximum atomic E-state index is 13.0. The summed E-state index contributed by atoms with van der Waals surface area (Å²) in [5, 5.41) is -0.462. The number of nitrogens with two attached hydrogens (primary N) is 1. The van der Waals surface area contributed by atoms with E-state index in [4.69, 9.17) is 5.73 Å². The van der Waals surface area contributed by atoms with Gasteiger partial charge < -0.3 is 5.73 Å². The second kappa shape index (κ2) is 5.73. The summed E-state index contributed by atoms with van der Waals surface area (Å²) in [6.45, 7) is 8.41. The van der Waals surface area contributed by atoms with E-state index in [1.807, 2.05) is 19.1 Å². The molecule has 0 aliphatic heterocycles. The molecular formula is C17H27NO2S. The van der Waals surface area contributed by atoms with Gasteiger partial charge in [0.05, 0.1) is 10.1 Å². The molecule has 1 aromatic rings. The number of aryl methyl sites for hydroxylation is 1. The zero-order valence-electron chi connectivity index (χ0n) is 13.5. The second-order valence-electron chi connectivity index (χ2n) is 7.39. The second-order valence-corrected chi connectivity index (χ2v) is 9.52. The molecule has 1 aliphatic carbocycles. The van der Waals surface area contributed by atoms with Crippen molar-refractivity contribution < 1.29 is 8.42 Å². The van der Waals surface area contributed by atoms with Crippen molar-refractivity contribution >= 4 is 9.84 Å². The number of sulfone groups is 1. The van der Waals surface area contributed by atoms with E-state index in [-0.39, 0.29) is 11.5 Å². The van der Waals surface area contributed by atoms with Crippen LogP contribution in [0.5, 0.6) is 0 Å². The van der Waals surface area contributed by atoms with Crippen LogP contribution in [-0.4, -0.2) is 19.7 Å². The number of hydrogen-bond acceptors (Lipinski definition) is 3. The van der Waals surface area contributed by atoms with Crippen LogP contribution >= 0.6 is 0 Å². The minimum absolute atomic E-state index is 0.125. The third-order valence-electron chi connectivity index (χ3n) is 4.87. The highest BCUT2D eigenvalue weighted by atomic mass is 32.2. The standard InChI is InChI=1S/C17H27NO2S/c1-12-7-5-6-8-15(12)21(19,20)16-11-13(17(2,3)4)9-10-14(16)18/h5-8,13-14,16H,9-11,18H2,1-4H3. The molecule has 1 aliphatic rings. The predicted octanol–water partition coefficient (Wildman–Crippen LogP) is 3.31. The van der Waals surface area contributed by atoms with Crippen LogP contribution in [0.25, 0.3) is 0 Å². The van der Waals surface area contributed by atoms with Crippen molar-refractivity contribution in [3.63, 3.8) is 0 Å². The summed E-state index contributed by atoms with van der Waals surface area (Å²) in [5.74, 6) is 0.404. The summed E-state index contributed by atoms with van der Waals surface area (Å²) in [7, 11) is -3.36. The van der Waals surface area contributed by atoms with E-state index in [0.717, 1.165) is 18.4 Å². The molecule has 118 valence electrons. The lowest BCUT2D eigenvalue weighted by atomic mass is 9.71. The summed E-state index contributed by atoms with van der Waals surface area (Å²) >= 11 is 0. The average Bonchev–Trinajstić information content (AvgIpc) is 2.37. The summed E-state index contributed by atoms with van der Waals surface area (Å²) in [6, 6.07) is 6.96. The van der Waals surface area contributed by atoms with Crippen molar-refractivity contribution in [3.8, 4) is 0 Å². The van der Waals surface area contributed by atoms with Gasteiger partial charge in [0.1, 0.15) is 0 Å². The minimum Gasteiger partial charge on any atom is -0.327 e. The summed E-state index contributed by atoms with van der Waals surface area (Å²) < 4.78 is 26.0. The summed E-state index contributed by atoms with van der Waals surface area (Å²) in [4.78, 5) is 0.444. The smallest absolute Gasteiger partial charge is 0.183 e. The molecule has 0 saturated heterocycles. The van der Waals surface area contributed by atoms with Gasteiger partial charge in [-0.2, -0.15) is 0 Å². The van der Waals surface area contributed by atoms with Crippen LogP contribution in [-0.2, 0) is 9.84 Å². The molecule has 3 unspecified atom stereocenters. The summed E-state index contributed by atoms with van der Waals surface area (Å²) in [5.41, 5.74) is 7.11. The molecule has 0 bridgehead atoms. The van der Waals surface area contributed by atoms with Crippen LogP contribution in [0.4, 0.5) is 0 Å². The number of benzene rings is 1. The van der Waals surface area contributed by atoms with Crippen LogP contribution in [0.1, 0.15) is 45.6 Å². The van der Waals surface area contributed by atoms with Crippen LogP contribution in [0.3, 0.4) is 0 Å². The number of hydrogen-bond donors (Lipinski definition) is 1. The van der Waals surface area contributed by atoms with Gasteiger partial charge in [0.25, 0.3) is 0 Å². The Morgan fingerprint density at radius 3 is 2.33 bits per heavy atom. The van der Waals surface area contributed by atoms with Gasteiger partial charge in [-0.25, -0.2) is 8.42 Å². The molecule has 1 fully saturated rings. The van der Waals surface area contributed by atoms with Gasteiger partial charge in [0, 0.05) is 6.04 Å². The molecule has 0 radical (unpaired) electrons. The Balaban J connectivity index is 2.36. The Bertz CT molecular complexity index is 601. The minimum atomic E-state index is -3.36. The molecule has 3 nitrogen and oxygen atoms in total. The number of rotatable bonds is 2. The lowest BCUT2D eigenvalue weighted by Gasteiger charge is -2.40. The SMILES string of the molecule is Cc1ccccc1S(=O)(=O)C1CC(C(C)(C)C)CCC1N. The van der Waals surface area contributed by atoms with Gasteiger partial charge in [0.15, 0.2) is 9.84 Å². The first-order valence-electron chi connectivity index (χ1n) is 7.69. The maximum Gasteiger partial charge on any atom is 0.183 e. The third kappa shape index (κ3) is 3.32. The lowest BCUT2D eigenvalue weighted by molar-refractivity contribution is 0.171. The highest BCUT2D eigenvalue weighted by Gasteiger charge is 2.41. The normalized spacial score (nSPS) is 27.6. The Hall–Kier alpha value is -0.870. The maximum absolute atomic E-state index is 13.0. The highest BCUT2D eigenvalue weighted by molar-refractivity contribution is 7.92. The van der Waals surface area contributed by atoms with Crippen molar-refractivity contribution in [1.29, 1.82) is 0 Å². The van der Waals surface area contributed by atoms with Gasteiger partial charge in [-0.15, -0.1) is 0 Å². The molecule has 4 heteroatoms. The topological polar surface area (TPSA) is 60.2 Å². The van der Waals surface area contributed by atoms with Crippen LogP contribution < -0.4 is 5.73 Å². The first-order chi connectivity index (χ1) is 9.64. The molecule has 1 aromatic carbocycles. The average molecular weight is 309 g/mol. The first-order valence-corrected chi connectivity index (χ1v) is 9.24. The highest BCUT2D eigenvalue weighted by Crippen LogP contribution is 2.41. The molecule has 1 saturated carbocycles. The van der Waals surface area contributed by atoms with E-state index in [9.17, 15) is 8.42 Å². The monoisotopic (exact) mass is 309 g/mol. The molecule has 0 aromatic heterocycles. The molecule has 0 heterocycles. The van der Waals surface area contributed by atoms with E-state index in [1.165, 1.54) is 0 Å². The molecule has 2 N–H and O–H groups in total. The van der Waals surface area contributed by atoms with Crippen LogP contribution in [0.15, 0.2) is 29.2 Å². The Morgan fingerprint density at radius 2 is 1.76 bits per heavy atom. The van der Waals surface area contributed by atoms with Gasteiger partial charge in [-0.1, -0.05) is 39.0 Å². The van der Waals surface area contributed by atoms with Gasteiger partial charge in [-0.3, -0.25) is 0 Å². The van der Waals surface area contributed by atoms with Crippen molar-refractivity contribution in [3.05, 3.63) is 29.8 Å². The quantitative estimate of drug-likeness (QED) is 0.911. The van der Waals surface area contributed by atoms with Crippen molar-refractivity contribution in [2.75, 3.05) is 0 Å². The fraction of sp³-hybridized carbons (Fsp3) is 0.647. The van der Waals surface area contributed by atoms with Crippen molar-refractivity contribution in [2.24, 2.45) is 17.1 Å². The molecule has 0 spiro atoms. The largest absolute Gasteiger partial charge is 0.327 e. The lowest BCUT2D eigenvalue weighted by Crippen LogP contribution is -2.47. The fourth-order valence-electron chi connectivity index (χ4n) is 3.33. The van der Waals surface area contributed by atoms with E-state index >= 15 is 0 Å². The van der Waals surface area contributed by atoms with E-state index in [1.54, 1.807) is 12.1 Å². The first kappa shape index (κ1) is 16.5. The Kier molecular flexibility index (Phi) is 4.50. The zero-order chi connectivity index (χ0) is 15.8. The van der Waals surface area contributed by atoms with E-state index in [0.29, 0.717) is 17.2 Å². The third-order valence-corrected chi connectivity index (χ3v) is 7.28. The van der Waals surface area contributed by atoms with Gasteiger partial charge in [-0.05, 0) is 49.1 Å². The molecule has 2 rings (SSSR count). The Labute approximate surface area is 128 Å². The van der Waals surface area contributed by atoms with Crippen molar-refractivity contribution in [2.45, 2.75) is 63.1 Å². The Morgan fingerprint density at radius 1 is 1.14 bits per heavy atom. The van der Waals surface area contributed by atoms with E-state index < -0.39 is 15.1 Å². The van der Waals surface area contributed by atoms with Crippen LogP contribution in [0, 0.1) is 18.3 Å². The van der Waals surface area contributed by atoms with Gasteiger partial charge >= 0.3 is 0 Å². The molecule has 0 amide bonds. The molecule has 21 heavy (non-hydrogen) atoms.